The van der Waals surface area contributed by atoms with Crippen LogP contribution in [0.1, 0.15) is 74.2 Å². The van der Waals surface area contributed by atoms with Crippen LogP contribution in [-0.4, -0.2) is 12.6 Å². The average molecular weight is 477 g/mol. The summed E-state index contributed by atoms with van der Waals surface area (Å²) < 4.78 is 66.7. The fourth-order valence-electron chi connectivity index (χ4n) is 4.29. The number of esters is 1. The first-order chi connectivity index (χ1) is 16.3. The highest BCUT2D eigenvalue weighted by molar-refractivity contribution is 5.91. The van der Waals surface area contributed by atoms with E-state index in [1.54, 1.807) is 0 Å². The summed E-state index contributed by atoms with van der Waals surface area (Å²) >= 11 is 0. The topological polar surface area (TPSA) is 59.3 Å². The summed E-state index contributed by atoms with van der Waals surface area (Å²) in [6.45, 7) is 2.52. The Bertz CT molecular complexity index is 1010. The summed E-state index contributed by atoms with van der Waals surface area (Å²) in [6.07, 6.45) is 9.23. The standard InChI is InChI=1S/C26H27F4NO3/c1-2-3-4-5-16-6-8-17(9-7-16)15-33-18-10-23(29)25(24(30)11-18)26(32)34-19-12-21(27)20(14-31)22(28)13-19/h10-13,16-17H,2-9,15H2,1H3. The molecule has 34 heavy (non-hydrogen) atoms. The van der Waals surface area contributed by atoms with Gasteiger partial charge in [-0.1, -0.05) is 45.4 Å². The van der Waals surface area contributed by atoms with Gasteiger partial charge in [-0.25, -0.2) is 22.4 Å². The van der Waals surface area contributed by atoms with E-state index in [0.29, 0.717) is 24.7 Å². The fourth-order valence-corrected chi connectivity index (χ4v) is 4.29. The van der Waals surface area contributed by atoms with E-state index >= 15 is 0 Å². The van der Waals surface area contributed by atoms with Crippen molar-refractivity contribution < 1.29 is 31.8 Å². The van der Waals surface area contributed by atoms with Crippen molar-refractivity contribution in [3.63, 3.8) is 0 Å². The maximum absolute atomic E-state index is 14.5. The van der Waals surface area contributed by atoms with E-state index in [-0.39, 0.29) is 5.75 Å². The van der Waals surface area contributed by atoms with E-state index in [1.807, 2.05) is 0 Å². The van der Waals surface area contributed by atoms with Crippen molar-refractivity contribution in [1.82, 2.24) is 0 Å². The molecule has 0 aromatic heterocycles. The minimum absolute atomic E-state index is 0.0490. The molecule has 2 aromatic carbocycles. The summed E-state index contributed by atoms with van der Waals surface area (Å²) in [7, 11) is 0. The third kappa shape index (κ3) is 6.49. The molecule has 0 unspecified atom stereocenters. The first-order valence-electron chi connectivity index (χ1n) is 11.6. The number of ether oxygens (including phenoxy) is 2. The monoisotopic (exact) mass is 477 g/mol. The Morgan fingerprint density at radius 2 is 1.47 bits per heavy atom. The molecule has 4 nitrogen and oxygen atoms in total. The molecule has 1 aliphatic carbocycles. The number of unbranched alkanes of at least 4 members (excludes halogenated alkanes) is 2. The van der Waals surface area contributed by atoms with Crippen molar-refractivity contribution in [3.8, 4) is 17.6 Å². The predicted molar refractivity (Wildman–Crippen MR) is 117 cm³/mol. The van der Waals surface area contributed by atoms with Crippen molar-refractivity contribution >= 4 is 5.97 Å². The van der Waals surface area contributed by atoms with Crippen LogP contribution in [0.4, 0.5) is 17.6 Å². The van der Waals surface area contributed by atoms with Crippen LogP contribution in [0.5, 0.6) is 11.5 Å². The molecular formula is C26H27F4NO3. The number of halogens is 4. The van der Waals surface area contributed by atoms with Gasteiger partial charge in [0.05, 0.1) is 6.61 Å². The van der Waals surface area contributed by atoms with E-state index in [9.17, 15) is 22.4 Å². The maximum Gasteiger partial charge on any atom is 0.349 e. The Morgan fingerprint density at radius 1 is 0.912 bits per heavy atom. The molecule has 8 heteroatoms. The Balaban J connectivity index is 1.58. The normalized spacial score (nSPS) is 17.8. The minimum Gasteiger partial charge on any atom is -0.493 e. The Hall–Kier alpha value is -3.08. The van der Waals surface area contributed by atoms with Gasteiger partial charge in [-0.3, -0.25) is 0 Å². The zero-order chi connectivity index (χ0) is 24.7. The van der Waals surface area contributed by atoms with Crippen molar-refractivity contribution in [2.24, 2.45) is 11.8 Å². The maximum atomic E-state index is 14.5. The van der Waals surface area contributed by atoms with Crippen LogP contribution in [0.3, 0.4) is 0 Å². The molecule has 1 fully saturated rings. The van der Waals surface area contributed by atoms with Crippen LogP contribution < -0.4 is 9.47 Å². The van der Waals surface area contributed by atoms with Gasteiger partial charge in [-0.15, -0.1) is 0 Å². The Kier molecular flexibility index (Phi) is 8.91. The molecular weight excluding hydrogens is 450 g/mol. The second-order valence-corrected chi connectivity index (χ2v) is 8.72. The number of carbonyl (C=O) groups is 1. The summed E-state index contributed by atoms with van der Waals surface area (Å²) in [6, 6.07) is 4.27. The number of nitrogens with zero attached hydrogens (tertiary/aromatic N) is 1. The van der Waals surface area contributed by atoms with E-state index in [0.717, 1.165) is 43.7 Å². The summed E-state index contributed by atoms with van der Waals surface area (Å²) in [5.74, 6) is -6.04. The van der Waals surface area contributed by atoms with Gasteiger partial charge in [-0.05, 0) is 24.7 Å². The zero-order valence-electron chi connectivity index (χ0n) is 19.0. The van der Waals surface area contributed by atoms with Gasteiger partial charge in [0.1, 0.15) is 52.0 Å². The first-order valence-corrected chi connectivity index (χ1v) is 11.6. The third-order valence-corrected chi connectivity index (χ3v) is 6.23. The number of carbonyl (C=O) groups excluding carboxylic acids is 1. The second-order valence-electron chi connectivity index (χ2n) is 8.72. The van der Waals surface area contributed by atoms with Gasteiger partial charge >= 0.3 is 5.97 Å². The largest absolute Gasteiger partial charge is 0.493 e. The molecule has 2 aromatic rings. The van der Waals surface area contributed by atoms with Crippen LogP contribution in [-0.2, 0) is 0 Å². The Labute approximate surface area is 196 Å². The lowest BCUT2D eigenvalue weighted by atomic mass is 9.80. The highest BCUT2D eigenvalue weighted by atomic mass is 19.1. The molecule has 3 rings (SSSR count). The van der Waals surface area contributed by atoms with Gasteiger partial charge in [0.2, 0.25) is 0 Å². The van der Waals surface area contributed by atoms with Crippen LogP contribution in [0.15, 0.2) is 24.3 Å². The van der Waals surface area contributed by atoms with E-state index in [1.165, 1.54) is 31.8 Å². The number of nitriles is 1. The van der Waals surface area contributed by atoms with Crippen molar-refractivity contribution in [1.29, 1.82) is 5.26 Å². The van der Waals surface area contributed by atoms with Gasteiger partial charge < -0.3 is 9.47 Å². The molecule has 0 radical (unpaired) electrons. The number of hydrogen-bond acceptors (Lipinski definition) is 4. The minimum atomic E-state index is -1.47. The lowest BCUT2D eigenvalue weighted by molar-refractivity contribution is 0.0723. The summed E-state index contributed by atoms with van der Waals surface area (Å²) in [5.41, 5.74) is -1.87. The van der Waals surface area contributed by atoms with Crippen LogP contribution in [0.2, 0.25) is 0 Å². The van der Waals surface area contributed by atoms with E-state index in [4.69, 9.17) is 14.7 Å². The number of rotatable bonds is 9. The molecule has 0 atom stereocenters. The first kappa shape index (κ1) is 25.5. The summed E-state index contributed by atoms with van der Waals surface area (Å²) in [4.78, 5) is 12.2. The quantitative estimate of drug-likeness (QED) is 0.167. The molecule has 0 bridgehead atoms. The predicted octanol–water partition coefficient (Wildman–Crippen LogP) is 7.10. The molecule has 1 saturated carbocycles. The molecule has 182 valence electrons. The van der Waals surface area contributed by atoms with Gasteiger partial charge in [-0.2, -0.15) is 5.26 Å². The number of benzene rings is 2. The lowest BCUT2D eigenvalue weighted by Crippen LogP contribution is -2.20. The summed E-state index contributed by atoms with van der Waals surface area (Å²) in [5, 5.41) is 8.68. The van der Waals surface area contributed by atoms with Gasteiger partial charge in [0, 0.05) is 24.3 Å². The SMILES string of the molecule is CCCCCC1CCC(COc2cc(F)c(C(=O)Oc3cc(F)c(C#N)c(F)c3)c(F)c2)CC1. The molecule has 0 N–H and O–H groups in total. The average Bonchev–Trinajstić information content (AvgIpc) is 2.78. The highest BCUT2D eigenvalue weighted by Crippen LogP contribution is 2.33. The lowest BCUT2D eigenvalue weighted by Gasteiger charge is -2.28. The molecule has 0 amide bonds. The molecule has 0 aliphatic heterocycles. The molecule has 0 spiro atoms. The molecule has 1 aliphatic rings. The van der Waals surface area contributed by atoms with Crippen LogP contribution in [0, 0.1) is 46.4 Å². The van der Waals surface area contributed by atoms with Crippen LogP contribution in [0.25, 0.3) is 0 Å². The van der Waals surface area contributed by atoms with Gasteiger partial charge in [0.25, 0.3) is 0 Å². The van der Waals surface area contributed by atoms with Crippen molar-refractivity contribution in [2.45, 2.75) is 58.3 Å². The van der Waals surface area contributed by atoms with Crippen molar-refractivity contribution in [2.75, 3.05) is 6.61 Å². The van der Waals surface area contributed by atoms with E-state index < -0.39 is 46.1 Å². The molecule has 0 saturated heterocycles. The zero-order valence-corrected chi connectivity index (χ0v) is 19.0. The third-order valence-electron chi connectivity index (χ3n) is 6.23. The molecule has 0 heterocycles. The highest BCUT2D eigenvalue weighted by Gasteiger charge is 2.24. The second kappa shape index (κ2) is 11.9. The van der Waals surface area contributed by atoms with Crippen LogP contribution >= 0.6 is 0 Å². The smallest absolute Gasteiger partial charge is 0.349 e. The van der Waals surface area contributed by atoms with Crippen molar-refractivity contribution in [3.05, 3.63) is 58.7 Å². The fraction of sp³-hybridized carbons (Fsp3) is 0.462. The van der Waals surface area contributed by atoms with E-state index in [2.05, 4.69) is 6.92 Å². The Morgan fingerprint density at radius 3 is 2.03 bits per heavy atom. The van der Waals surface area contributed by atoms with Gasteiger partial charge in [0.15, 0.2) is 0 Å². The number of hydrogen-bond donors (Lipinski definition) is 0.